The molecular weight excluding hydrogens is 1260 g/mol. The molecule has 0 saturated carbocycles. The van der Waals surface area contributed by atoms with Gasteiger partial charge in [-0.25, -0.2) is 9.13 Å². The zero-order chi connectivity index (χ0) is 70.9. The number of hydrogen-bond donors (Lipinski definition) is 3. The van der Waals surface area contributed by atoms with Crippen molar-refractivity contribution in [3.8, 4) is 0 Å². The maximum absolute atomic E-state index is 13.1. The average molecular weight is 1410 g/mol. The van der Waals surface area contributed by atoms with Crippen LogP contribution in [0.25, 0.3) is 0 Å². The summed E-state index contributed by atoms with van der Waals surface area (Å²) >= 11 is 0. The highest BCUT2D eigenvalue weighted by Crippen LogP contribution is 2.45. The van der Waals surface area contributed by atoms with Crippen LogP contribution in [0, 0.1) is 17.8 Å². The molecule has 0 amide bonds. The van der Waals surface area contributed by atoms with Gasteiger partial charge in [-0.05, 0) is 69.1 Å². The Hall–Kier alpha value is -2.46. The van der Waals surface area contributed by atoms with Crippen LogP contribution in [-0.2, 0) is 65.4 Å². The summed E-state index contributed by atoms with van der Waals surface area (Å²) in [4.78, 5) is 72.7. The summed E-state index contributed by atoms with van der Waals surface area (Å²) in [6.45, 7) is 11.8. The van der Waals surface area contributed by atoms with Gasteiger partial charge in [0, 0.05) is 25.7 Å². The smallest absolute Gasteiger partial charge is 0.462 e. The Balaban J connectivity index is 5.18. The van der Waals surface area contributed by atoms with E-state index in [9.17, 15) is 43.2 Å². The van der Waals surface area contributed by atoms with Gasteiger partial charge in [-0.2, -0.15) is 0 Å². The predicted molar refractivity (Wildman–Crippen MR) is 390 cm³/mol. The van der Waals surface area contributed by atoms with Crippen molar-refractivity contribution < 1.29 is 80.2 Å². The number of unbranched alkanes of at least 4 members (excludes halogenated alkanes) is 37. The van der Waals surface area contributed by atoms with Crippen molar-refractivity contribution in [3.63, 3.8) is 0 Å². The van der Waals surface area contributed by atoms with E-state index in [4.69, 9.17) is 37.0 Å². The third-order valence-electron chi connectivity index (χ3n) is 17.6. The number of hydrogen-bond acceptors (Lipinski definition) is 15. The standard InChI is InChI=1S/C77H146O17P2/c1-8-10-11-12-13-14-15-16-21-25-28-31-36-46-53-61-77(82)94-73(65-88-75(80)59-52-45-40-39-42-49-56-69(5)6)67-92-96(85,86)90-63-71(78)62-89-95(83,84)91-66-72(64-87-74(79)58-51-44-38-33-34-41-48-55-68(3)4)93-76(81)60-54-47-37-32-29-26-23-20-18-17-19-22-24-27-30-35-43-50-57-70(7)9-2/h14-16,21,68-73,78H,8-13,17-20,22-67H2,1-7H3,(H,83,84)(H,85,86)/b15-14-,21-16-/t70?,71-,72-,73-/m1/s1. The van der Waals surface area contributed by atoms with Crippen LogP contribution in [0.2, 0.25) is 0 Å². The van der Waals surface area contributed by atoms with E-state index in [-0.39, 0.29) is 25.7 Å². The normalized spacial score (nSPS) is 14.5. The summed E-state index contributed by atoms with van der Waals surface area (Å²) < 4.78 is 68.4. The molecule has 0 aromatic heterocycles. The molecule has 0 heterocycles. The molecule has 0 fully saturated rings. The lowest BCUT2D eigenvalue weighted by molar-refractivity contribution is -0.161. The van der Waals surface area contributed by atoms with Crippen LogP contribution < -0.4 is 0 Å². The Morgan fingerprint density at radius 3 is 0.927 bits per heavy atom. The van der Waals surface area contributed by atoms with Gasteiger partial charge in [0.1, 0.15) is 19.3 Å². The molecule has 0 aromatic rings. The lowest BCUT2D eigenvalue weighted by Crippen LogP contribution is -2.30. The first-order chi connectivity index (χ1) is 46.3. The van der Waals surface area contributed by atoms with Crippen molar-refractivity contribution in [1.29, 1.82) is 0 Å². The van der Waals surface area contributed by atoms with Crippen LogP contribution >= 0.6 is 15.6 Å². The first kappa shape index (κ1) is 93.5. The van der Waals surface area contributed by atoms with Gasteiger partial charge in [-0.15, -0.1) is 0 Å². The summed E-state index contributed by atoms with van der Waals surface area (Å²) in [6, 6.07) is 0. The quantitative estimate of drug-likeness (QED) is 0.0169. The Kier molecular flexibility index (Phi) is 65.3. The second-order valence-corrected chi connectivity index (χ2v) is 31.2. The Labute approximate surface area is 586 Å². The number of carbonyl (C=O) groups is 4. The molecule has 6 atom stereocenters. The van der Waals surface area contributed by atoms with Gasteiger partial charge in [0.2, 0.25) is 0 Å². The van der Waals surface area contributed by atoms with E-state index in [1.54, 1.807) is 0 Å². The molecule has 566 valence electrons. The molecule has 96 heavy (non-hydrogen) atoms. The van der Waals surface area contributed by atoms with Crippen molar-refractivity contribution in [2.45, 2.75) is 388 Å². The molecule has 0 aliphatic rings. The molecular formula is C77H146O17P2. The van der Waals surface area contributed by atoms with Crippen LogP contribution in [0.1, 0.15) is 370 Å². The van der Waals surface area contributed by atoms with E-state index >= 15 is 0 Å². The molecule has 3 N–H and O–H groups in total. The lowest BCUT2D eigenvalue weighted by atomic mass is 9.99. The number of phosphoric acid groups is 2. The van der Waals surface area contributed by atoms with Crippen LogP contribution in [0.15, 0.2) is 24.3 Å². The summed E-state index contributed by atoms with van der Waals surface area (Å²) in [5.74, 6) is 0.0967. The Morgan fingerprint density at radius 1 is 0.344 bits per heavy atom. The minimum atomic E-state index is -4.96. The molecule has 0 saturated heterocycles. The molecule has 0 radical (unpaired) electrons. The minimum Gasteiger partial charge on any atom is -0.462 e. The van der Waals surface area contributed by atoms with Gasteiger partial charge in [0.05, 0.1) is 26.4 Å². The first-order valence-corrected chi connectivity index (χ1v) is 42.2. The van der Waals surface area contributed by atoms with Gasteiger partial charge in [-0.1, -0.05) is 317 Å². The van der Waals surface area contributed by atoms with Crippen LogP contribution in [0.5, 0.6) is 0 Å². The number of carbonyl (C=O) groups excluding carboxylic acids is 4. The highest BCUT2D eigenvalue weighted by Gasteiger charge is 2.30. The highest BCUT2D eigenvalue weighted by molar-refractivity contribution is 7.47. The minimum absolute atomic E-state index is 0.0836. The SMILES string of the molecule is CCCCCC/C=C\C=C/CCCCCCCC(=O)O[C@H](COC(=O)CCCCCCCCC(C)C)COP(=O)(O)OC[C@H](O)COP(=O)(O)OC[C@@H](COC(=O)CCCCCCCCCC(C)C)OC(=O)CCCCCCCCCCCCCCCCCCCCC(C)CC. The van der Waals surface area contributed by atoms with Crippen molar-refractivity contribution in [1.82, 2.24) is 0 Å². The zero-order valence-electron chi connectivity index (χ0n) is 62.3. The average Bonchev–Trinajstić information content (AvgIpc) is 1.33. The van der Waals surface area contributed by atoms with Gasteiger partial charge < -0.3 is 33.8 Å². The fourth-order valence-electron chi connectivity index (χ4n) is 11.2. The van der Waals surface area contributed by atoms with E-state index in [0.717, 1.165) is 121 Å². The van der Waals surface area contributed by atoms with Crippen LogP contribution in [0.4, 0.5) is 0 Å². The van der Waals surface area contributed by atoms with Gasteiger partial charge in [-0.3, -0.25) is 37.3 Å². The van der Waals surface area contributed by atoms with Crippen LogP contribution in [-0.4, -0.2) is 96.7 Å². The second-order valence-electron chi connectivity index (χ2n) is 28.3. The number of allylic oxidation sites excluding steroid dienone is 4. The maximum atomic E-state index is 13.1. The van der Waals surface area contributed by atoms with E-state index in [1.165, 1.54) is 154 Å². The maximum Gasteiger partial charge on any atom is 0.472 e. The van der Waals surface area contributed by atoms with Crippen LogP contribution in [0.3, 0.4) is 0 Å². The molecule has 0 rings (SSSR count). The first-order valence-electron chi connectivity index (χ1n) is 39.2. The molecule has 17 nitrogen and oxygen atoms in total. The van der Waals surface area contributed by atoms with Gasteiger partial charge in [0.15, 0.2) is 12.2 Å². The zero-order valence-corrected chi connectivity index (χ0v) is 64.1. The fraction of sp³-hybridized carbons (Fsp3) is 0.896. The predicted octanol–water partition coefficient (Wildman–Crippen LogP) is 22.1. The molecule has 0 bridgehead atoms. The third kappa shape index (κ3) is 68.7. The molecule has 0 aromatic carbocycles. The van der Waals surface area contributed by atoms with Crippen molar-refractivity contribution in [3.05, 3.63) is 24.3 Å². The van der Waals surface area contributed by atoms with Gasteiger partial charge >= 0.3 is 39.5 Å². The number of phosphoric ester groups is 2. The van der Waals surface area contributed by atoms with Gasteiger partial charge in [0.25, 0.3) is 0 Å². The lowest BCUT2D eigenvalue weighted by Gasteiger charge is -2.21. The van der Waals surface area contributed by atoms with Crippen molar-refractivity contribution in [2.24, 2.45) is 17.8 Å². The largest absolute Gasteiger partial charge is 0.472 e. The Morgan fingerprint density at radius 2 is 0.615 bits per heavy atom. The van der Waals surface area contributed by atoms with Crippen molar-refractivity contribution >= 4 is 39.5 Å². The number of ether oxygens (including phenoxy) is 4. The molecule has 19 heteroatoms. The second kappa shape index (κ2) is 67.1. The number of aliphatic hydroxyl groups excluding tert-OH is 1. The number of esters is 4. The number of aliphatic hydroxyl groups is 1. The molecule has 0 spiro atoms. The van der Waals surface area contributed by atoms with E-state index in [0.29, 0.717) is 37.5 Å². The monoisotopic (exact) mass is 1410 g/mol. The Bertz CT molecular complexity index is 1970. The highest BCUT2D eigenvalue weighted by atomic mass is 31.2. The van der Waals surface area contributed by atoms with E-state index < -0.39 is 97.5 Å². The molecule has 0 aliphatic heterocycles. The topological polar surface area (TPSA) is 237 Å². The molecule has 0 aliphatic carbocycles. The summed E-state index contributed by atoms with van der Waals surface area (Å²) in [7, 11) is -9.92. The third-order valence-corrected chi connectivity index (χ3v) is 19.5. The summed E-state index contributed by atoms with van der Waals surface area (Å²) in [5, 5.41) is 10.6. The van der Waals surface area contributed by atoms with E-state index in [2.05, 4.69) is 72.8 Å². The number of rotatable bonds is 73. The molecule has 3 unspecified atom stereocenters. The fourth-order valence-corrected chi connectivity index (χ4v) is 12.8. The van der Waals surface area contributed by atoms with E-state index in [1.807, 2.05) is 0 Å². The summed E-state index contributed by atoms with van der Waals surface area (Å²) in [5.41, 5.74) is 0. The van der Waals surface area contributed by atoms with Crippen molar-refractivity contribution in [2.75, 3.05) is 39.6 Å². The summed E-state index contributed by atoms with van der Waals surface area (Å²) in [6.07, 6.45) is 56.7.